The molecular formula is C20H22O3. The number of ketones is 1. The largest absolute Gasteiger partial charge is 0.497 e. The zero-order valence-corrected chi connectivity index (χ0v) is 13.8. The minimum absolute atomic E-state index is 0.109. The van der Waals surface area contributed by atoms with Crippen LogP contribution in [0, 0.1) is 0 Å². The van der Waals surface area contributed by atoms with Crippen LogP contribution in [0.1, 0.15) is 36.8 Å². The van der Waals surface area contributed by atoms with Gasteiger partial charge in [-0.2, -0.15) is 0 Å². The van der Waals surface area contributed by atoms with Gasteiger partial charge in [-0.25, -0.2) is 0 Å². The maximum atomic E-state index is 12.6. The fraction of sp³-hybridized carbons (Fsp3) is 0.350. The highest BCUT2D eigenvalue weighted by molar-refractivity contribution is 5.90. The minimum Gasteiger partial charge on any atom is -0.497 e. The van der Waals surface area contributed by atoms with E-state index in [0.717, 1.165) is 23.5 Å². The first-order valence-corrected chi connectivity index (χ1v) is 7.89. The molecule has 2 atom stereocenters. The SMILES string of the molecule is COc1ccc([C@@H]2C(=O)CC[C@@]2(C)c2ccc(OC)cc2)cc1. The van der Waals surface area contributed by atoms with Crippen LogP contribution in [0.15, 0.2) is 48.5 Å². The quantitative estimate of drug-likeness (QED) is 0.852. The molecule has 0 amide bonds. The molecule has 0 spiro atoms. The van der Waals surface area contributed by atoms with E-state index in [0.29, 0.717) is 12.2 Å². The third kappa shape index (κ3) is 2.72. The Labute approximate surface area is 137 Å². The van der Waals surface area contributed by atoms with Crippen molar-refractivity contribution in [3.05, 3.63) is 59.7 Å². The Hall–Kier alpha value is -2.29. The van der Waals surface area contributed by atoms with Crippen molar-refractivity contribution in [1.29, 1.82) is 0 Å². The topological polar surface area (TPSA) is 35.5 Å². The second-order valence-corrected chi connectivity index (χ2v) is 6.32. The van der Waals surface area contributed by atoms with Gasteiger partial charge in [0, 0.05) is 11.8 Å². The minimum atomic E-state index is -0.183. The van der Waals surface area contributed by atoms with E-state index in [4.69, 9.17) is 9.47 Å². The van der Waals surface area contributed by atoms with Crippen molar-refractivity contribution in [1.82, 2.24) is 0 Å². The van der Waals surface area contributed by atoms with Gasteiger partial charge in [0.25, 0.3) is 0 Å². The third-order valence-corrected chi connectivity index (χ3v) is 5.05. The number of ether oxygens (including phenoxy) is 2. The van der Waals surface area contributed by atoms with Crippen molar-refractivity contribution in [3.8, 4) is 11.5 Å². The Morgan fingerprint density at radius 2 is 1.43 bits per heavy atom. The van der Waals surface area contributed by atoms with Crippen LogP contribution in [0.2, 0.25) is 0 Å². The standard InChI is InChI=1S/C20H22O3/c1-20(15-6-10-17(23-3)11-7-15)13-12-18(21)19(20)14-4-8-16(22-2)9-5-14/h4-11,19H,12-13H2,1-3H3/t19-,20+/m1/s1. The molecular weight excluding hydrogens is 288 g/mol. The molecule has 1 aliphatic rings. The molecule has 0 aliphatic heterocycles. The van der Waals surface area contributed by atoms with Gasteiger partial charge >= 0.3 is 0 Å². The Bertz CT molecular complexity index is 688. The summed E-state index contributed by atoms with van der Waals surface area (Å²) in [6.45, 7) is 2.19. The molecule has 0 radical (unpaired) electrons. The van der Waals surface area contributed by atoms with Gasteiger partial charge in [-0.1, -0.05) is 31.2 Å². The van der Waals surface area contributed by atoms with Crippen LogP contribution in [0.25, 0.3) is 0 Å². The summed E-state index contributed by atoms with van der Waals surface area (Å²) < 4.78 is 10.5. The van der Waals surface area contributed by atoms with Gasteiger partial charge in [0.1, 0.15) is 17.3 Å². The van der Waals surface area contributed by atoms with E-state index in [-0.39, 0.29) is 11.3 Å². The van der Waals surface area contributed by atoms with Crippen molar-refractivity contribution < 1.29 is 14.3 Å². The summed E-state index contributed by atoms with van der Waals surface area (Å²) >= 11 is 0. The van der Waals surface area contributed by atoms with Crippen LogP contribution in [0.4, 0.5) is 0 Å². The van der Waals surface area contributed by atoms with Crippen molar-refractivity contribution in [2.24, 2.45) is 0 Å². The van der Waals surface area contributed by atoms with E-state index in [2.05, 4.69) is 19.1 Å². The summed E-state index contributed by atoms with van der Waals surface area (Å²) in [5.41, 5.74) is 2.06. The Morgan fingerprint density at radius 3 is 1.96 bits per heavy atom. The van der Waals surface area contributed by atoms with Crippen molar-refractivity contribution in [2.75, 3.05) is 14.2 Å². The van der Waals surface area contributed by atoms with Crippen LogP contribution in [-0.2, 0) is 10.2 Å². The number of benzene rings is 2. The van der Waals surface area contributed by atoms with Crippen LogP contribution in [0.5, 0.6) is 11.5 Å². The molecule has 1 saturated carbocycles. The molecule has 0 heterocycles. The Morgan fingerprint density at radius 1 is 0.913 bits per heavy atom. The first-order chi connectivity index (χ1) is 11.1. The Balaban J connectivity index is 1.99. The summed E-state index contributed by atoms with van der Waals surface area (Å²) in [4.78, 5) is 12.6. The fourth-order valence-corrected chi connectivity index (χ4v) is 3.66. The number of rotatable bonds is 4. The molecule has 2 aromatic carbocycles. The van der Waals surface area contributed by atoms with Crippen molar-refractivity contribution in [2.45, 2.75) is 31.1 Å². The van der Waals surface area contributed by atoms with Gasteiger partial charge in [-0.05, 0) is 41.8 Å². The lowest BCUT2D eigenvalue weighted by atomic mass is 9.71. The molecule has 0 bridgehead atoms. The Kier molecular flexibility index (Phi) is 4.12. The first-order valence-electron chi connectivity index (χ1n) is 7.89. The summed E-state index contributed by atoms with van der Waals surface area (Å²) in [5, 5.41) is 0. The summed E-state index contributed by atoms with van der Waals surface area (Å²) in [6, 6.07) is 16.0. The molecule has 1 fully saturated rings. The third-order valence-electron chi connectivity index (χ3n) is 5.05. The number of hydrogen-bond donors (Lipinski definition) is 0. The fourth-order valence-electron chi connectivity index (χ4n) is 3.66. The highest BCUT2D eigenvalue weighted by Crippen LogP contribution is 2.49. The summed E-state index contributed by atoms with van der Waals surface area (Å²) in [6.07, 6.45) is 1.49. The number of Topliss-reactive ketones (excluding diaryl/α,β-unsaturated/α-hetero) is 1. The van der Waals surface area contributed by atoms with Gasteiger partial charge in [0.2, 0.25) is 0 Å². The molecule has 2 aromatic rings. The molecule has 3 nitrogen and oxygen atoms in total. The van der Waals surface area contributed by atoms with Gasteiger partial charge < -0.3 is 9.47 Å². The lowest BCUT2D eigenvalue weighted by molar-refractivity contribution is -0.119. The summed E-state index contributed by atoms with van der Waals surface area (Å²) in [7, 11) is 3.31. The van der Waals surface area contributed by atoms with Crippen LogP contribution in [0.3, 0.4) is 0 Å². The lowest BCUT2D eigenvalue weighted by Gasteiger charge is -2.31. The van der Waals surface area contributed by atoms with E-state index in [1.54, 1.807) is 14.2 Å². The zero-order chi connectivity index (χ0) is 16.4. The molecule has 0 unspecified atom stereocenters. The number of methoxy groups -OCH3 is 2. The molecule has 0 saturated heterocycles. The molecule has 1 aliphatic carbocycles. The van der Waals surface area contributed by atoms with E-state index in [9.17, 15) is 4.79 Å². The number of carbonyl (C=O) groups excluding carboxylic acids is 1. The van der Waals surface area contributed by atoms with Crippen molar-refractivity contribution in [3.63, 3.8) is 0 Å². The maximum Gasteiger partial charge on any atom is 0.141 e. The van der Waals surface area contributed by atoms with Crippen LogP contribution in [-0.4, -0.2) is 20.0 Å². The van der Waals surface area contributed by atoms with Gasteiger partial charge in [0.15, 0.2) is 0 Å². The van der Waals surface area contributed by atoms with Gasteiger partial charge in [-0.15, -0.1) is 0 Å². The molecule has 120 valence electrons. The van der Waals surface area contributed by atoms with Gasteiger partial charge in [0.05, 0.1) is 20.1 Å². The monoisotopic (exact) mass is 310 g/mol. The zero-order valence-electron chi connectivity index (χ0n) is 13.8. The van der Waals surface area contributed by atoms with E-state index in [1.807, 2.05) is 36.4 Å². The molecule has 23 heavy (non-hydrogen) atoms. The van der Waals surface area contributed by atoms with Crippen LogP contribution < -0.4 is 9.47 Å². The van der Waals surface area contributed by atoms with Gasteiger partial charge in [-0.3, -0.25) is 4.79 Å². The molecule has 3 rings (SSSR count). The predicted octanol–water partition coefficient (Wildman–Crippen LogP) is 4.11. The first kappa shape index (κ1) is 15.6. The second kappa shape index (κ2) is 6.07. The van der Waals surface area contributed by atoms with Crippen LogP contribution >= 0.6 is 0 Å². The average molecular weight is 310 g/mol. The highest BCUT2D eigenvalue weighted by atomic mass is 16.5. The average Bonchev–Trinajstić information content (AvgIpc) is 2.91. The summed E-state index contributed by atoms with van der Waals surface area (Å²) in [5.74, 6) is 1.85. The van der Waals surface area contributed by atoms with Crippen molar-refractivity contribution >= 4 is 5.78 Å². The lowest BCUT2D eigenvalue weighted by Crippen LogP contribution is -2.28. The molecule has 0 aromatic heterocycles. The number of carbonyl (C=O) groups is 1. The number of hydrogen-bond acceptors (Lipinski definition) is 3. The second-order valence-electron chi connectivity index (χ2n) is 6.32. The van der Waals surface area contributed by atoms with E-state index in [1.165, 1.54) is 5.56 Å². The maximum absolute atomic E-state index is 12.6. The molecule has 3 heteroatoms. The van der Waals surface area contributed by atoms with E-state index < -0.39 is 0 Å². The normalized spacial score (nSPS) is 23.8. The predicted molar refractivity (Wildman–Crippen MR) is 90.3 cm³/mol. The highest BCUT2D eigenvalue weighted by Gasteiger charge is 2.46. The molecule has 0 N–H and O–H groups in total. The smallest absolute Gasteiger partial charge is 0.141 e. The van der Waals surface area contributed by atoms with E-state index >= 15 is 0 Å².